The fraction of sp³-hybridized carbons (Fsp3) is 0.615. The molecule has 1 aromatic rings. The zero-order chi connectivity index (χ0) is 15.3. The topological polar surface area (TPSA) is 96.6 Å². The molecule has 0 radical (unpaired) electrons. The number of nitrogens with two attached hydrogens (primary N) is 1. The van der Waals surface area contributed by atoms with Gasteiger partial charge in [-0.05, 0) is 25.0 Å². The summed E-state index contributed by atoms with van der Waals surface area (Å²) in [6, 6.07) is 3.79. The molecule has 0 amide bonds. The highest BCUT2D eigenvalue weighted by molar-refractivity contribution is 14.0. The Bertz CT molecular complexity index is 595. The number of hydrogen-bond acceptors (Lipinski definition) is 4. The van der Waals surface area contributed by atoms with Gasteiger partial charge in [-0.15, -0.1) is 35.3 Å². The van der Waals surface area contributed by atoms with Crippen molar-refractivity contribution in [3.63, 3.8) is 0 Å². The van der Waals surface area contributed by atoms with E-state index in [0.29, 0.717) is 12.6 Å². The first-order chi connectivity index (χ1) is 9.99. The van der Waals surface area contributed by atoms with E-state index in [1.165, 1.54) is 49.5 Å². The van der Waals surface area contributed by atoms with Crippen molar-refractivity contribution >= 4 is 51.3 Å². The Morgan fingerprint density at radius 3 is 2.59 bits per heavy atom. The standard InChI is InChI=1S/C13H22N4O2S2.HI/c1-15-13(17-10-5-3-2-4-6-10)16-9-11-7-8-12(20-11)21(14,18)19;/h7-8,10H,2-6,9H2,1H3,(H2,14,18,19)(H2,15,16,17);1H. The molecule has 9 heteroatoms. The average Bonchev–Trinajstić information content (AvgIpc) is 2.93. The van der Waals surface area contributed by atoms with Gasteiger partial charge in [0.05, 0.1) is 6.54 Å². The minimum absolute atomic E-state index is 0. The molecule has 0 aliphatic heterocycles. The molecule has 0 bridgehead atoms. The Kier molecular flexibility index (Phi) is 8.08. The van der Waals surface area contributed by atoms with Crippen molar-refractivity contribution in [3.05, 3.63) is 17.0 Å². The van der Waals surface area contributed by atoms with Crippen LogP contribution in [0.2, 0.25) is 0 Å². The summed E-state index contributed by atoms with van der Waals surface area (Å²) in [5.41, 5.74) is 0. The van der Waals surface area contributed by atoms with Gasteiger partial charge in [0.25, 0.3) is 0 Å². The van der Waals surface area contributed by atoms with Crippen LogP contribution in [0.15, 0.2) is 21.3 Å². The SMILES string of the molecule is CN=C(NCc1ccc(S(N)(=O)=O)s1)NC1CCCCC1.I. The minimum Gasteiger partial charge on any atom is -0.354 e. The van der Waals surface area contributed by atoms with Crippen molar-refractivity contribution in [2.45, 2.75) is 48.9 Å². The average molecular weight is 458 g/mol. The van der Waals surface area contributed by atoms with E-state index < -0.39 is 10.0 Å². The van der Waals surface area contributed by atoms with Crippen molar-refractivity contribution in [2.24, 2.45) is 10.1 Å². The second-order valence-corrected chi connectivity index (χ2v) is 8.13. The summed E-state index contributed by atoms with van der Waals surface area (Å²) in [5, 5.41) is 11.7. The number of rotatable bonds is 4. The molecule has 126 valence electrons. The second kappa shape index (κ2) is 9.04. The molecule has 22 heavy (non-hydrogen) atoms. The highest BCUT2D eigenvalue weighted by atomic mass is 127. The molecule has 0 atom stereocenters. The first-order valence-corrected chi connectivity index (χ1v) is 9.44. The van der Waals surface area contributed by atoms with Crippen LogP contribution < -0.4 is 15.8 Å². The molecule has 1 aromatic heterocycles. The van der Waals surface area contributed by atoms with E-state index in [2.05, 4.69) is 15.6 Å². The van der Waals surface area contributed by atoms with Crippen molar-refractivity contribution in [1.29, 1.82) is 0 Å². The van der Waals surface area contributed by atoms with Gasteiger partial charge >= 0.3 is 0 Å². The fourth-order valence-electron chi connectivity index (χ4n) is 2.41. The number of aliphatic imine (C=N–C) groups is 1. The summed E-state index contributed by atoms with van der Waals surface area (Å²) in [6.07, 6.45) is 6.19. The first kappa shape index (κ1) is 19.7. The molecule has 2 rings (SSSR count). The normalized spacial score (nSPS) is 16.9. The van der Waals surface area contributed by atoms with E-state index in [1.54, 1.807) is 13.1 Å². The number of nitrogens with one attached hydrogen (secondary N) is 2. The number of nitrogens with zero attached hydrogens (tertiary/aromatic N) is 1. The van der Waals surface area contributed by atoms with E-state index in [1.807, 2.05) is 0 Å². The van der Waals surface area contributed by atoms with Gasteiger partial charge in [0.2, 0.25) is 10.0 Å². The smallest absolute Gasteiger partial charge is 0.247 e. The van der Waals surface area contributed by atoms with E-state index in [0.717, 1.165) is 10.8 Å². The van der Waals surface area contributed by atoms with Gasteiger partial charge in [0, 0.05) is 18.0 Å². The molecule has 1 saturated carbocycles. The maximum atomic E-state index is 11.2. The Hall–Kier alpha value is -0.390. The lowest BCUT2D eigenvalue weighted by Crippen LogP contribution is -2.43. The van der Waals surface area contributed by atoms with Crippen molar-refractivity contribution in [3.8, 4) is 0 Å². The molecule has 1 heterocycles. The first-order valence-electron chi connectivity index (χ1n) is 7.08. The van der Waals surface area contributed by atoms with Crippen LogP contribution in [0, 0.1) is 0 Å². The van der Waals surface area contributed by atoms with Crippen LogP contribution in [0.4, 0.5) is 0 Å². The molecule has 0 unspecified atom stereocenters. The molecule has 1 fully saturated rings. The van der Waals surface area contributed by atoms with Gasteiger partial charge in [0.1, 0.15) is 4.21 Å². The van der Waals surface area contributed by atoms with Crippen LogP contribution in [0.25, 0.3) is 0 Å². The van der Waals surface area contributed by atoms with Crippen LogP contribution in [-0.2, 0) is 16.6 Å². The molecule has 4 N–H and O–H groups in total. The Balaban J connectivity index is 0.00000242. The summed E-state index contributed by atoms with van der Waals surface area (Å²) in [6.45, 7) is 0.534. The number of primary sulfonamides is 1. The number of sulfonamides is 1. The lowest BCUT2D eigenvalue weighted by atomic mass is 9.96. The Morgan fingerprint density at radius 2 is 2.05 bits per heavy atom. The molecule has 1 aliphatic carbocycles. The molecular weight excluding hydrogens is 435 g/mol. The van der Waals surface area contributed by atoms with Crippen LogP contribution in [0.3, 0.4) is 0 Å². The highest BCUT2D eigenvalue weighted by Crippen LogP contribution is 2.20. The van der Waals surface area contributed by atoms with Crippen LogP contribution >= 0.6 is 35.3 Å². The maximum Gasteiger partial charge on any atom is 0.247 e. The predicted molar refractivity (Wildman–Crippen MR) is 101 cm³/mol. The number of thiophene rings is 1. The number of guanidine groups is 1. The van der Waals surface area contributed by atoms with Crippen molar-refractivity contribution in [1.82, 2.24) is 10.6 Å². The number of halogens is 1. The second-order valence-electron chi connectivity index (χ2n) is 5.17. The van der Waals surface area contributed by atoms with Crippen LogP contribution in [0.5, 0.6) is 0 Å². The van der Waals surface area contributed by atoms with Crippen LogP contribution in [-0.4, -0.2) is 27.5 Å². The quantitative estimate of drug-likeness (QED) is 0.366. The van der Waals surface area contributed by atoms with Gasteiger partial charge in [0.15, 0.2) is 5.96 Å². The zero-order valence-corrected chi connectivity index (χ0v) is 16.5. The summed E-state index contributed by atoms with van der Waals surface area (Å²) in [5.74, 6) is 0.757. The van der Waals surface area contributed by atoms with Crippen molar-refractivity contribution in [2.75, 3.05) is 7.05 Å². The Morgan fingerprint density at radius 1 is 1.36 bits per heavy atom. The fourth-order valence-corrected chi connectivity index (χ4v) is 4.13. The summed E-state index contributed by atoms with van der Waals surface area (Å²) in [4.78, 5) is 5.12. The minimum atomic E-state index is -3.60. The number of hydrogen-bond donors (Lipinski definition) is 3. The third-order valence-electron chi connectivity index (χ3n) is 3.52. The lowest BCUT2D eigenvalue weighted by molar-refractivity contribution is 0.410. The van der Waals surface area contributed by atoms with Gasteiger partial charge in [-0.1, -0.05) is 19.3 Å². The summed E-state index contributed by atoms with van der Waals surface area (Å²) < 4.78 is 22.7. The van der Waals surface area contributed by atoms with E-state index in [-0.39, 0.29) is 28.2 Å². The van der Waals surface area contributed by atoms with E-state index >= 15 is 0 Å². The van der Waals surface area contributed by atoms with Crippen LogP contribution in [0.1, 0.15) is 37.0 Å². The molecule has 0 spiro atoms. The molecule has 0 aromatic carbocycles. The molecule has 0 saturated heterocycles. The summed E-state index contributed by atoms with van der Waals surface area (Å²) in [7, 11) is -1.87. The Labute approximate surface area is 153 Å². The monoisotopic (exact) mass is 458 g/mol. The predicted octanol–water partition coefficient (Wildman–Crippen LogP) is 2.01. The highest BCUT2D eigenvalue weighted by Gasteiger charge is 2.15. The van der Waals surface area contributed by atoms with E-state index in [4.69, 9.17) is 5.14 Å². The van der Waals surface area contributed by atoms with Gasteiger partial charge in [-0.2, -0.15) is 0 Å². The molecule has 1 aliphatic rings. The van der Waals surface area contributed by atoms with Gasteiger partial charge in [-0.3, -0.25) is 4.99 Å². The lowest BCUT2D eigenvalue weighted by Gasteiger charge is -2.24. The molecular formula is C13H23IN4O2S2. The maximum absolute atomic E-state index is 11.2. The van der Waals surface area contributed by atoms with E-state index in [9.17, 15) is 8.42 Å². The summed E-state index contributed by atoms with van der Waals surface area (Å²) >= 11 is 1.18. The largest absolute Gasteiger partial charge is 0.354 e. The zero-order valence-electron chi connectivity index (χ0n) is 12.5. The van der Waals surface area contributed by atoms with Crippen molar-refractivity contribution < 1.29 is 8.42 Å². The van der Waals surface area contributed by atoms with Gasteiger partial charge < -0.3 is 10.6 Å². The van der Waals surface area contributed by atoms with Gasteiger partial charge in [-0.25, -0.2) is 13.6 Å². The third kappa shape index (κ3) is 6.01. The third-order valence-corrected chi connectivity index (χ3v) is 6.04. The molecule has 6 nitrogen and oxygen atoms in total.